The third-order valence-corrected chi connectivity index (χ3v) is 2.56. The lowest BCUT2D eigenvalue weighted by atomic mass is 9.81. The van der Waals surface area contributed by atoms with Gasteiger partial charge in [-0.1, -0.05) is 20.8 Å². The van der Waals surface area contributed by atoms with Crippen molar-refractivity contribution >= 4 is 18.1 Å². The van der Waals surface area contributed by atoms with Gasteiger partial charge < -0.3 is 4.79 Å². The van der Waals surface area contributed by atoms with E-state index >= 15 is 0 Å². The second-order valence-electron chi connectivity index (χ2n) is 5.03. The molecule has 0 radical (unpaired) electrons. The number of aldehydes is 1. The monoisotopic (exact) mass is 211 g/mol. The first-order valence-electron chi connectivity index (χ1n) is 5.14. The molecule has 15 heavy (non-hydrogen) atoms. The first kappa shape index (κ1) is 11.9. The second kappa shape index (κ2) is 4.13. The molecule has 1 aliphatic rings. The van der Waals surface area contributed by atoms with Gasteiger partial charge in [-0.3, -0.25) is 14.5 Å². The van der Waals surface area contributed by atoms with Crippen LogP contribution in [0.25, 0.3) is 0 Å². The van der Waals surface area contributed by atoms with Crippen LogP contribution in [0.2, 0.25) is 0 Å². The van der Waals surface area contributed by atoms with Crippen LogP contribution in [0, 0.1) is 11.3 Å². The van der Waals surface area contributed by atoms with Gasteiger partial charge in [-0.05, 0) is 5.41 Å². The SMILES string of the molecule is CC(C=O)CN1C(=O)CC(C)(C)CC1=O. The Balaban J connectivity index is 2.71. The zero-order chi connectivity index (χ0) is 11.6. The van der Waals surface area contributed by atoms with Gasteiger partial charge in [0.05, 0.1) is 0 Å². The molecular formula is C11H17NO3. The first-order chi connectivity index (χ1) is 6.85. The highest BCUT2D eigenvalue weighted by Gasteiger charge is 2.37. The second-order valence-corrected chi connectivity index (χ2v) is 5.03. The smallest absolute Gasteiger partial charge is 0.229 e. The summed E-state index contributed by atoms with van der Waals surface area (Å²) in [6, 6.07) is 0. The molecule has 1 heterocycles. The molecular weight excluding hydrogens is 194 g/mol. The van der Waals surface area contributed by atoms with Gasteiger partial charge in [0, 0.05) is 25.3 Å². The van der Waals surface area contributed by atoms with Gasteiger partial charge in [-0.2, -0.15) is 0 Å². The van der Waals surface area contributed by atoms with Crippen molar-refractivity contribution in [2.24, 2.45) is 11.3 Å². The number of piperidine rings is 1. The molecule has 1 atom stereocenters. The maximum atomic E-state index is 11.7. The Morgan fingerprint density at radius 1 is 1.33 bits per heavy atom. The van der Waals surface area contributed by atoms with Crippen LogP contribution in [0.5, 0.6) is 0 Å². The molecule has 0 bridgehead atoms. The summed E-state index contributed by atoms with van der Waals surface area (Å²) in [5.74, 6) is -0.603. The third kappa shape index (κ3) is 2.88. The topological polar surface area (TPSA) is 54.5 Å². The molecule has 0 aromatic carbocycles. The van der Waals surface area contributed by atoms with Crippen molar-refractivity contribution in [2.45, 2.75) is 33.6 Å². The van der Waals surface area contributed by atoms with E-state index in [0.29, 0.717) is 12.8 Å². The van der Waals surface area contributed by atoms with E-state index in [1.54, 1.807) is 6.92 Å². The van der Waals surface area contributed by atoms with E-state index in [9.17, 15) is 14.4 Å². The molecule has 4 heteroatoms. The minimum absolute atomic E-state index is 0.162. The van der Waals surface area contributed by atoms with E-state index in [0.717, 1.165) is 6.29 Å². The summed E-state index contributed by atoms with van der Waals surface area (Å²) in [5.41, 5.74) is -0.241. The Kier molecular flexibility index (Phi) is 3.27. The molecule has 1 fully saturated rings. The molecule has 0 aromatic rings. The lowest BCUT2D eigenvalue weighted by Gasteiger charge is -2.35. The highest BCUT2D eigenvalue weighted by Crippen LogP contribution is 2.31. The van der Waals surface area contributed by atoms with Crippen molar-refractivity contribution in [1.29, 1.82) is 0 Å². The average Bonchev–Trinajstić information content (AvgIpc) is 2.09. The third-order valence-electron chi connectivity index (χ3n) is 2.56. The Morgan fingerprint density at radius 2 is 1.80 bits per heavy atom. The van der Waals surface area contributed by atoms with Crippen molar-refractivity contribution in [2.75, 3.05) is 6.54 Å². The van der Waals surface area contributed by atoms with Gasteiger partial charge in [-0.15, -0.1) is 0 Å². The van der Waals surface area contributed by atoms with Gasteiger partial charge >= 0.3 is 0 Å². The number of rotatable bonds is 3. The van der Waals surface area contributed by atoms with E-state index in [4.69, 9.17) is 0 Å². The first-order valence-corrected chi connectivity index (χ1v) is 5.14. The van der Waals surface area contributed by atoms with E-state index < -0.39 is 0 Å². The summed E-state index contributed by atoms with van der Waals surface area (Å²) in [5, 5.41) is 0. The summed E-state index contributed by atoms with van der Waals surface area (Å²) < 4.78 is 0. The zero-order valence-corrected chi connectivity index (χ0v) is 9.45. The van der Waals surface area contributed by atoms with Gasteiger partial charge in [0.25, 0.3) is 0 Å². The number of hydrogen-bond acceptors (Lipinski definition) is 3. The van der Waals surface area contributed by atoms with Gasteiger partial charge in [-0.25, -0.2) is 0 Å². The van der Waals surface area contributed by atoms with E-state index in [2.05, 4.69) is 0 Å². The van der Waals surface area contributed by atoms with Crippen molar-refractivity contribution in [1.82, 2.24) is 4.90 Å². The van der Waals surface area contributed by atoms with Crippen LogP contribution in [0.1, 0.15) is 33.6 Å². The number of imide groups is 1. The van der Waals surface area contributed by atoms with Crippen LogP contribution in [0.4, 0.5) is 0 Å². The quantitative estimate of drug-likeness (QED) is 0.517. The molecule has 0 spiro atoms. The van der Waals surface area contributed by atoms with Crippen LogP contribution in [-0.2, 0) is 14.4 Å². The van der Waals surface area contributed by atoms with E-state index in [1.165, 1.54) is 4.90 Å². The number of nitrogens with zero attached hydrogens (tertiary/aromatic N) is 1. The van der Waals surface area contributed by atoms with Gasteiger partial charge in [0.2, 0.25) is 11.8 Å². The lowest BCUT2D eigenvalue weighted by Crippen LogP contribution is -2.47. The molecule has 84 valence electrons. The normalized spacial score (nSPS) is 22.7. The highest BCUT2D eigenvalue weighted by atomic mass is 16.2. The van der Waals surface area contributed by atoms with Crippen LogP contribution in [0.15, 0.2) is 0 Å². The number of hydrogen-bond donors (Lipinski definition) is 0. The Hall–Kier alpha value is -1.19. The molecule has 0 aliphatic carbocycles. The fourth-order valence-corrected chi connectivity index (χ4v) is 1.75. The molecule has 1 saturated heterocycles. The molecule has 0 aromatic heterocycles. The minimum atomic E-state index is -0.279. The maximum absolute atomic E-state index is 11.7. The molecule has 1 rings (SSSR count). The summed E-state index contributed by atoms with van der Waals surface area (Å²) in [6.45, 7) is 5.73. The molecule has 0 saturated carbocycles. The van der Waals surface area contributed by atoms with Crippen molar-refractivity contribution in [3.8, 4) is 0 Å². The summed E-state index contributed by atoms with van der Waals surface area (Å²) in [7, 11) is 0. The standard InChI is InChI=1S/C11H17NO3/c1-8(7-13)6-12-9(14)4-11(2,3)5-10(12)15/h7-8H,4-6H2,1-3H3. The predicted octanol–water partition coefficient (Wildman–Crippen LogP) is 0.997. The summed E-state index contributed by atoms with van der Waals surface area (Å²) in [4.78, 5) is 35.0. The molecule has 0 N–H and O–H groups in total. The number of amides is 2. The van der Waals surface area contributed by atoms with Crippen LogP contribution in [0.3, 0.4) is 0 Å². The van der Waals surface area contributed by atoms with Crippen LogP contribution < -0.4 is 0 Å². The lowest BCUT2D eigenvalue weighted by molar-refractivity contribution is -0.153. The zero-order valence-electron chi connectivity index (χ0n) is 9.45. The highest BCUT2D eigenvalue weighted by molar-refractivity contribution is 5.98. The van der Waals surface area contributed by atoms with Crippen molar-refractivity contribution in [3.63, 3.8) is 0 Å². The minimum Gasteiger partial charge on any atom is -0.303 e. The van der Waals surface area contributed by atoms with E-state index in [-0.39, 0.29) is 29.7 Å². The molecule has 1 unspecified atom stereocenters. The van der Waals surface area contributed by atoms with Gasteiger partial charge in [0.1, 0.15) is 6.29 Å². The summed E-state index contributed by atoms with van der Waals surface area (Å²) >= 11 is 0. The molecule has 1 aliphatic heterocycles. The Labute approximate surface area is 89.6 Å². The molecule has 2 amide bonds. The number of carbonyl (C=O) groups is 3. The van der Waals surface area contributed by atoms with E-state index in [1.807, 2.05) is 13.8 Å². The molecule has 4 nitrogen and oxygen atoms in total. The Bertz CT molecular complexity index is 276. The van der Waals surface area contributed by atoms with Crippen LogP contribution >= 0.6 is 0 Å². The number of likely N-dealkylation sites (tertiary alicyclic amines) is 1. The Morgan fingerprint density at radius 3 is 2.20 bits per heavy atom. The van der Waals surface area contributed by atoms with Crippen molar-refractivity contribution in [3.05, 3.63) is 0 Å². The summed E-state index contributed by atoms with van der Waals surface area (Å²) in [6.07, 6.45) is 1.52. The maximum Gasteiger partial charge on any atom is 0.229 e. The number of carbonyl (C=O) groups excluding carboxylic acids is 3. The predicted molar refractivity (Wildman–Crippen MR) is 55.0 cm³/mol. The fraction of sp³-hybridized carbons (Fsp3) is 0.727. The average molecular weight is 211 g/mol. The largest absolute Gasteiger partial charge is 0.303 e. The van der Waals surface area contributed by atoms with Crippen molar-refractivity contribution < 1.29 is 14.4 Å². The fourth-order valence-electron chi connectivity index (χ4n) is 1.75. The van der Waals surface area contributed by atoms with Gasteiger partial charge in [0.15, 0.2) is 0 Å². The van der Waals surface area contributed by atoms with Crippen LogP contribution in [-0.4, -0.2) is 29.5 Å².